The summed E-state index contributed by atoms with van der Waals surface area (Å²) in [5.74, 6) is -2.96. The molecule has 0 aliphatic carbocycles. The monoisotopic (exact) mass is 592 g/mol. The Morgan fingerprint density at radius 1 is 0.860 bits per heavy atom. The maximum Gasteiger partial charge on any atom is 0.417 e. The largest absolute Gasteiger partial charge is 0.417 e. The van der Waals surface area contributed by atoms with E-state index in [2.05, 4.69) is 15.0 Å². The number of nitrogens with zero attached hydrogens (tertiary/aromatic N) is 5. The molecule has 13 heteroatoms. The number of amides is 2. The molecule has 1 aromatic heterocycles. The number of carbonyl (C=O) groups excluding carboxylic acids is 2. The third-order valence-electron chi connectivity index (χ3n) is 7.43. The first kappa shape index (κ1) is 27.9. The highest BCUT2D eigenvalue weighted by molar-refractivity contribution is 6.09. The molecule has 218 valence electrons. The van der Waals surface area contributed by atoms with E-state index < -0.39 is 46.3 Å². The minimum atomic E-state index is -4.84. The van der Waals surface area contributed by atoms with E-state index in [-0.39, 0.29) is 42.3 Å². The molecule has 0 radical (unpaired) electrons. The number of aliphatic imine (C=N–C) groups is 1. The van der Waals surface area contributed by atoms with Crippen molar-refractivity contribution >= 4 is 17.8 Å². The summed E-state index contributed by atoms with van der Waals surface area (Å²) in [6, 6.07) is 13.0. The summed E-state index contributed by atoms with van der Waals surface area (Å²) >= 11 is 0. The van der Waals surface area contributed by atoms with Gasteiger partial charge >= 0.3 is 6.18 Å². The number of hydrogen-bond donors (Lipinski definition) is 1. The van der Waals surface area contributed by atoms with Gasteiger partial charge in [0.05, 0.1) is 42.1 Å². The molecule has 0 fully saturated rings. The summed E-state index contributed by atoms with van der Waals surface area (Å²) in [6.45, 7) is -0.350. The topological polar surface area (TPSA) is 105 Å². The van der Waals surface area contributed by atoms with Crippen molar-refractivity contribution in [1.82, 2.24) is 19.8 Å². The Hall–Kier alpha value is -5.20. The molecule has 0 saturated heterocycles. The molecule has 6 rings (SSSR count). The number of alkyl halides is 3. The highest BCUT2D eigenvalue weighted by atomic mass is 19.4. The van der Waals surface area contributed by atoms with Crippen molar-refractivity contribution in [2.75, 3.05) is 0 Å². The van der Waals surface area contributed by atoms with Gasteiger partial charge < -0.3 is 10.6 Å². The summed E-state index contributed by atoms with van der Waals surface area (Å²) < 4.78 is 69.6. The Morgan fingerprint density at radius 3 is 1.91 bits per heavy atom. The van der Waals surface area contributed by atoms with Crippen LogP contribution in [0.4, 0.5) is 22.0 Å². The first-order valence-corrected chi connectivity index (χ1v) is 12.9. The second kappa shape index (κ2) is 10.3. The first-order valence-electron chi connectivity index (χ1n) is 12.9. The number of fused-ring (bicyclic) bond motifs is 1. The first-order chi connectivity index (χ1) is 20.5. The van der Waals surface area contributed by atoms with Crippen LogP contribution in [0.15, 0.2) is 84.1 Å². The quantitative estimate of drug-likeness (QED) is 0.343. The van der Waals surface area contributed by atoms with Gasteiger partial charge in [0.2, 0.25) is 0 Å². The van der Waals surface area contributed by atoms with Crippen LogP contribution in [-0.4, -0.2) is 37.5 Å². The van der Waals surface area contributed by atoms with E-state index in [1.54, 1.807) is 0 Å². The standard InChI is InChI=1S/C30H21F5N6O2/c31-20-6-2-18(3-7-20)29(19-4-8-21(32)9-5-19)27(43)41(28(36)39-29)14-17-1-10-23(30(33,34)35)22(13-17)26(42)40-15-24-25(16-40)38-12-11-37-24/h1-13H,14-16H2,(H2,36,39). The molecular formula is C30H21F5N6O2. The molecule has 2 aliphatic heterocycles. The van der Waals surface area contributed by atoms with Gasteiger partial charge in [-0.25, -0.2) is 13.8 Å². The molecular weight excluding hydrogens is 571 g/mol. The summed E-state index contributed by atoms with van der Waals surface area (Å²) in [7, 11) is 0. The van der Waals surface area contributed by atoms with Crippen LogP contribution in [0.25, 0.3) is 0 Å². The van der Waals surface area contributed by atoms with Crippen LogP contribution in [0.3, 0.4) is 0 Å². The highest BCUT2D eigenvalue weighted by Gasteiger charge is 2.50. The van der Waals surface area contributed by atoms with Gasteiger partial charge in [-0.1, -0.05) is 30.3 Å². The van der Waals surface area contributed by atoms with E-state index in [0.29, 0.717) is 11.4 Å². The van der Waals surface area contributed by atoms with E-state index in [9.17, 15) is 31.5 Å². The second-order valence-electron chi connectivity index (χ2n) is 10.1. The van der Waals surface area contributed by atoms with E-state index in [1.807, 2.05) is 0 Å². The molecule has 2 N–H and O–H groups in total. The number of benzene rings is 3. The number of nitrogens with two attached hydrogens (primary N) is 1. The summed E-state index contributed by atoms with van der Waals surface area (Å²) in [6.07, 6.45) is -1.96. The van der Waals surface area contributed by atoms with Gasteiger partial charge in [0, 0.05) is 12.4 Å². The number of aromatic nitrogens is 2. The molecule has 8 nitrogen and oxygen atoms in total. The number of guanidine groups is 1. The summed E-state index contributed by atoms with van der Waals surface area (Å²) in [5.41, 5.74) is 4.30. The molecule has 0 spiro atoms. The Balaban J connectivity index is 1.36. The normalized spacial score (nSPS) is 15.9. The Morgan fingerprint density at radius 2 is 1.40 bits per heavy atom. The van der Waals surface area contributed by atoms with Crippen LogP contribution >= 0.6 is 0 Å². The fourth-order valence-corrected chi connectivity index (χ4v) is 5.34. The average molecular weight is 593 g/mol. The third kappa shape index (κ3) is 4.86. The predicted octanol–water partition coefficient (Wildman–Crippen LogP) is 4.53. The Bertz CT molecular complexity index is 1700. The van der Waals surface area contributed by atoms with Gasteiger partial charge in [0.15, 0.2) is 11.5 Å². The van der Waals surface area contributed by atoms with Crippen molar-refractivity contribution in [2.24, 2.45) is 10.7 Å². The molecule has 2 amide bonds. The van der Waals surface area contributed by atoms with Gasteiger partial charge in [0.25, 0.3) is 11.8 Å². The molecule has 4 aromatic rings. The lowest BCUT2D eigenvalue weighted by Gasteiger charge is -2.27. The maximum atomic E-state index is 14.1. The zero-order chi connectivity index (χ0) is 30.5. The average Bonchev–Trinajstić information content (AvgIpc) is 3.52. The number of halogens is 5. The SMILES string of the molecule is NC1=NC(c2ccc(F)cc2)(c2ccc(F)cc2)C(=O)N1Cc1ccc(C(F)(F)F)c(C(=O)N2Cc3nccnc3C2)c1. The number of carbonyl (C=O) groups is 2. The van der Waals surface area contributed by atoms with Crippen LogP contribution in [-0.2, 0) is 36.1 Å². The zero-order valence-corrected chi connectivity index (χ0v) is 22.1. The molecule has 0 bridgehead atoms. The predicted molar refractivity (Wildman–Crippen MR) is 143 cm³/mol. The maximum absolute atomic E-state index is 14.1. The lowest BCUT2D eigenvalue weighted by atomic mass is 9.82. The van der Waals surface area contributed by atoms with E-state index in [4.69, 9.17) is 5.73 Å². The van der Waals surface area contributed by atoms with Crippen molar-refractivity contribution in [3.05, 3.63) is 130 Å². The van der Waals surface area contributed by atoms with Gasteiger partial charge in [-0.3, -0.25) is 24.5 Å². The molecule has 3 aromatic carbocycles. The van der Waals surface area contributed by atoms with Gasteiger partial charge in [-0.2, -0.15) is 13.2 Å². The minimum absolute atomic E-state index is 0.00833. The molecule has 0 atom stereocenters. The molecule has 3 heterocycles. The Kier molecular flexibility index (Phi) is 6.67. The van der Waals surface area contributed by atoms with Crippen molar-refractivity contribution in [3.8, 4) is 0 Å². The molecule has 2 aliphatic rings. The third-order valence-corrected chi connectivity index (χ3v) is 7.43. The highest BCUT2D eigenvalue weighted by Crippen LogP contribution is 2.41. The van der Waals surface area contributed by atoms with Crippen molar-refractivity contribution in [2.45, 2.75) is 31.3 Å². The zero-order valence-electron chi connectivity index (χ0n) is 22.1. The molecule has 0 unspecified atom stereocenters. The van der Waals surface area contributed by atoms with Gasteiger partial charge in [-0.15, -0.1) is 0 Å². The van der Waals surface area contributed by atoms with Crippen molar-refractivity contribution in [3.63, 3.8) is 0 Å². The minimum Gasteiger partial charge on any atom is -0.369 e. The van der Waals surface area contributed by atoms with E-state index in [1.165, 1.54) is 41.6 Å². The lowest BCUT2D eigenvalue weighted by Crippen LogP contribution is -2.43. The smallest absolute Gasteiger partial charge is 0.369 e. The lowest BCUT2D eigenvalue weighted by molar-refractivity contribution is -0.138. The van der Waals surface area contributed by atoms with E-state index in [0.717, 1.165) is 47.4 Å². The van der Waals surface area contributed by atoms with Crippen molar-refractivity contribution in [1.29, 1.82) is 0 Å². The second-order valence-corrected chi connectivity index (χ2v) is 10.1. The molecule has 43 heavy (non-hydrogen) atoms. The Labute approximate surface area is 241 Å². The van der Waals surface area contributed by atoms with Crippen LogP contribution in [0.1, 0.15) is 44.0 Å². The summed E-state index contributed by atoms with van der Waals surface area (Å²) in [4.78, 5) is 42.5. The van der Waals surface area contributed by atoms with Crippen LogP contribution in [0.5, 0.6) is 0 Å². The van der Waals surface area contributed by atoms with Crippen LogP contribution in [0, 0.1) is 11.6 Å². The molecule has 0 saturated carbocycles. The van der Waals surface area contributed by atoms with E-state index >= 15 is 0 Å². The number of hydrogen-bond acceptors (Lipinski definition) is 6. The van der Waals surface area contributed by atoms with Crippen LogP contribution < -0.4 is 5.73 Å². The summed E-state index contributed by atoms with van der Waals surface area (Å²) in [5, 5.41) is 0. The fourth-order valence-electron chi connectivity index (χ4n) is 5.34. The fraction of sp³-hybridized carbons (Fsp3) is 0.167. The number of rotatable bonds is 5. The van der Waals surface area contributed by atoms with Crippen LogP contribution in [0.2, 0.25) is 0 Å². The van der Waals surface area contributed by atoms with Crippen molar-refractivity contribution < 1.29 is 31.5 Å². The van der Waals surface area contributed by atoms with Gasteiger partial charge in [-0.05, 0) is 53.1 Å². The van der Waals surface area contributed by atoms with Gasteiger partial charge in [0.1, 0.15) is 11.6 Å².